The van der Waals surface area contributed by atoms with Gasteiger partial charge in [0.05, 0.1) is 0 Å². The number of hydrogen-bond donors (Lipinski definition) is 0. The van der Waals surface area contributed by atoms with Gasteiger partial charge in [-0.1, -0.05) is 78.9 Å². The van der Waals surface area contributed by atoms with Crippen molar-refractivity contribution in [2.24, 2.45) is 0 Å². The minimum Gasteiger partial charge on any atom is -0.0882 e. The molecule has 3 rings (SSSR count). The highest BCUT2D eigenvalue weighted by Gasteiger charge is 2.18. The molecule has 106 valence electrons. The lowest BCUT2D eigenvalue weighted by Gasteiger charge is -2.23. The molecule has 0 saturated heterocycles. The quantitative estimate of drug-likeness (QED) is 0.543. The lowest BCUT2D eigenvalue weighted by molar-refractivity contribution is 0.950. The van der Waals surface area contributed by atoms with Crippen LogP contribution in [-0.4, -0.2) is 0 Å². The van der Waals surface area contributed by atoms with E-state index in [-0.39, 0.29) is 7.92 Å². The van der Waals surface area contributed by atoms with Gasteiger partial charge < -0.3 is 0 Å². The van der Waals surface area contributed by atoms with Crippen LogP contribution in [0.15, 0.2) is 84.2 Å². The molecule has 0 aromatic heterocycles. The van der Waals surface area contributed by atoms with E-state index in [4.69, 9.17) is 0 Å². The Morgan fingerprint density at radius 2 is 1.19 bits per heavy atom. The molecule has 2 aromatic carbocycles. The van der Waals surface area contributed by atoms with E-state index in [1.54, 1.807) is 5.31 Å². The summed E-state index contributed by atoms with van der Waals surface area (Å²) in [5.41, 5.74) is 0. The molecule has 0 amide bonds. The highest BCUT2D eigenvalue weighted by atomic mass is 31.1. The highest BCUT2D eigenvalue weighted by molar-refractivity contribution is 7.76. The zero-order chi connectivity index (χ0) is 14.3. The Bertz CT molecular complexity index is 571. The zero-order valence-electron chi connectivity index (χ0n) is 12.3. The van der Waals surface area contributed by atoms with E-state index in [2.05, 4.69) is 78.9 Å². The van der Waals surface area contributed by atoms with Crippen molar-refractivity contribution in [1.82, 2.24) is 0 Å². The minimum absolute atomic E-state index is 0.371. The Morgan fingerprint density at radius 3 is 1.81 bits per heavy atom. The molecule has 0 bridgehead atoms. The Balaban J connectivity index is 2.00. The molecule has 0 N–H and O–H groups in total. The molecule has 0 saturated carbocycles. The standard InChI is InChI=1S/C20H21P/c1-2-6-12-18(13-7-3-1)21(19-14-8-4-9-15-19)20-16-10-5-11-17-20/h1-2,4-5,8-11,13-17H,3,6-7,12H2. The van der Waals surface area contributed by atoms with Gasteiger partial charge in [0.15, 0.2) is 0 Å². The third-order valence-corrected chi connectivity index (χ3v) is 6.37. The molecule has 0 radical (unpaired) electrons. The van der Waals surface area contributed by atoms with Gasteiger partial charge in [0.25, 0.3) is 0 Å². The maximum absolute atomic E-state index is 2.50. The van der Waals surface area contributed by atoms with Crippen LogP contribution in [0.2, 0.25) is 0 Å². The normalized spacial score (nSPS) is 15.4. The van der Waals surface area contributed by atoms with Gasteiger partial charge in [-0.15, -0.1) is 0 Å². The van der Waals surface area contributed by atoms with Crippen LogP contribution in [0.4, 0.5) is 0 Å². The van der Waals surface area contributed by atoms with Crippen molar-refractivity contribution in [2.45, 2.75) is 25.7 Å². The third-order valence-electron chi connectivity index (χ3n) is 3.76. The number of rotatable bonds is 3. The van der Waals surface area contributed by atoms with Gasteiger partial charge in [0.1, 0.15) is 0 Å². The number of allylic oxidation sites excluding steroid dienone is 4. The molecule has 0 heterocycles. The Hall–Kier alpha value is -1.65. The summed E-state index contributed by atoms with van der Waals surface area (Å²) >= 11 is 0. The number of benzene rings is 2. The molecule has 0 fully saturated rings. The molecule has 1 aliphatic rings. The Labute approximate surface area is 129 Å². The second-order valence-corrected chi connectivity index (χ2v) is 7.57. The summed E-state index contributed by atoms with van der Waals surface area (Å²) in [6.45, 7) is 0. The summed E-state index contributed by atoms with van der Waals surface area (Å²) in [5.74, 6) is 0. The summed E-state index contributed by atoms with van der Waals surface area (Å²) < 4.78 is 0. The average molecular weight is 292 g/mol. The van der Waals surface area contributed by atoms with Gasteiger partial charge >= 0.3 is 0 Å². The van der Waals surface area contributed by atoms with Crippen LogP contribution in [0.5, 0.6) is 0 Å². The molecule has 0 nitrogen and oxygen atoms in total. The van der Waals surface area contributed by atoms with Gasteiger partial charge in [-0.05, 0) is 49.5 Å². The lowest BCUT2D eigenvalue weighted by atomic mass is 10.1. The van der Waals surface area contributed by atoms with Crippen LogP contribution < -0.4 is 10.6 Å². The van der Waals surface area contributed by atoms with E-state index < -0.39 is 0 Å². The van der Waals surface area contributed by atoms with Gasteiger partial charge in [-0.25, -0.2) is 0 Å². The lowest BCUT2D eigenvalue weighted by Crippen LogP contribution is -2.13. The summed E-state index contributed by atoms with van der Waals surface area (Å²) in [5, 5.41) is 4.57. The Morgan fingerprint density at radius 1 is 0.619 bits per heavy atom. The van der Waals surface area contributed by atoms with Crippen molar-refractivity contribution < 1.29 is 0 Å². The van der Waals surface area contributed by atoms with Crippen LogP contribution in [0, 0.1) is 0 Å². The Kier molecular flexibility index (Phi) is 5.03. The van der Waals surface area contributed by atoms with Crippen LogP contribution in [0.1, 0.15) is 25.7 Å². The largest absolute Gasteiger partial charge is 0.0882 e. The maximum atomic E-state index is 2.50. The zero-order valence-corrected chi connectivity index (χ0v) is 13.2. The fourth-order valence-electron chi connectivity index (χ4n) is 2.75. The van der Waals surface area contributed by atoms with Crippen LogP contribution >= 0.6 is 7.92 Å². The van der Waals surface area contributed by atoms with Gasteiger partial charge in [0, 0.05) is 0 Å². The van der Waals surface area contributed by atoms with Crippen LogP contribution in [0.3, 0.4) is 0 Å². The SMILES string of the molecule is C1=CCCC(P(c2ccccc2)c2ccccc2)=CCC1. The molecule has 0 spiro atoms. The van der Waals surface area contributed by atoms with Crippen molar-refractivity contribution in [3.63, 3.8) is 0 Å². The second-order valence-electron chi connectivity index (χ2n) is 5.29. The summed E-state index contributed by atoms with van der Waals surface area (Å²) in [6.07, 6.45) is 11.9. The van der Waals surface area contributed by atoms with E-state index in [0.717, 1.165) is 0 Å². The summed E-state index contributed by atoms with van der Waals surface area (Å²) in [4.78, 5) is 0. The molecule has 21 heavy (non-hydrogen) atoms. The van der Waals surface area contributed by atoms with E-state index in [9.17, 15) is 0 Å². The van der Waals surface area contributed by atoms with Crippen molar-refractivity contribution >= 4 is 18.5 Å². The van der Waals surface area contributed by atoms with E-state index in [1.165, 1.54) is 36.3 Å². The smallest absolute Gasteiger partial charge is 0.0154 e. The first-order valence-corrected chi connectivity index (χ1v) is 9.03. The summed E-state index contributed by atoms with van der Waals surface area (Å²) in [7, 11) is -0.371. The van der Waals surface area contributed by atoms with E-state index in [0.29, 0.717) is 0 Å². The number of hydrogen-bond acceptors (Lipinski definition) is 0. The summed E-state index contributed by atoms with van der Waals surface area (Å²) in [6, 6.07) is 22.0. The molecular formula is C20H21P. The van der Waals surface area contributed by atoms with Crippen molar-refractivity contribution in [2.75, 3.05) is 0 Å². The van der Waals surface area contributed by atoms with Crippen LogP contribution in [0.25, 0.3) is 0 Å². The van der Waals surface area contributed by atoms with Crippen LogP contribution in [-0.2, 0) is 0 Å². The molecule has 0 unspecified atom stereocenters. The first kappa shape index (κ1) is 14.3. The van der Waals surface area contributed by atoms with Crippen molar-refractivity contribution in [3.05, 3.63) is 84.2 Å². The fraction of sp³-hybridized carbons (Fsp3) is 0.200. The first-order chi connectivity index (χ1) is 10.4. The third kappa shape index (κ3) is 3.71. The first-order valence-electron chi connectivity index (χ1n) is 7.69. The van der Waals surface area contributed by atoms with E-state index in [1.807, 2.05) is 0 Å². The molecule has 2 aromatic rings. The minimum atomic E-state index is -0.371. The van der Waals surface area contributed by atoms with Gasteiger partial charge in [-0.3, -0.25) is 0 Å². The fourth-order valence-corrected chi connectivity index (χ4v) is 5.32. The maximum Gasteiger partial charge on any atom is -0.0154 e. The topological polar surface area (TPSA) is 0 Å². The molecular weight excluding hydrogens is 271 g/mol. The molecule has 1 aliphatic carbocycles. The molecule has 1 heteroatoms. The van der Waals surface area contributed by atoms with E-state index >= 15 is 0 Å². The second kappa shape index (κ2) is 7.38. The van der Waals surface area contributed by atoms with Gasteiger partial charge in [0.2, 0.25) is 0 Å². The van der Waals surface area contributed by atoms with Crippen molar-refractivity contribution in [3.8, 4) is 0 Å². The molecule has 0 atom stereocenters. The highest BCUT2D eigenvalue weighted by Crippen LogP contribution is 2.45. The van der Waals surface area contributed by atoms with Crippen molar-refractivity contribution in [1.29, 1.82) is 0 Å². The molecule has 0 aliphatic heterocycles. The predicted molar refractivity (Wildman–Crippen MR) is 94.8 cm³/mol. The van der Waals surface area contributed by atoms with Gasteiger partial charge in [-0.2, -0.15) is 0 Å². The average Bonchev–Trinajstić information content (AvgIpc) is 2.52. The predicted octanol–water partition coefficient (Wildman–Crippen LogP) is 5.13. The monoisotopic (exact) mass is 292 g/mol.